The van der Waals surface area contributed by atoms with Crippen LogP contribution < -0.4 is 10.1 Å². The number of nitrogens with one attached hydrogen (secondary N) is 1. The lowest BCUT2D eigenvalue weighted by atomic mass is 10.2. The largest absolute Gasteiger partial charge is 0.490 e. The van der Waals surface area contributed by atoms with Crippen LogP contribution in [0.1, 0.15) is 54.9 Å². The van der Waals surface area contributed by atoms with Crippen LogP contribution in [0.4, 0.5) is 4.39 Å². The van der Waals surface area contributed by atoms with Crippen molar-refractivity contribution in [3.8, 4) is 5.75 Å². The lowest BCUT2D eigenvalue weighted by Gasteiger charge is -2.10. The van der Waals surface area contributed by atoms with Gasteiger partial charge in [-0.3, -0.25) is 9.48 Å². The Hall–Kier alpha value is -2.63. The Morgan fingerprint density at radius 3 is 2.78 bits per heavy atom. The maximum absolute atomic E-state index is 14.6. The van der Waals surface area contributed by atoms with Crippen molar-refractivity contribution in [3.63, 3.8) is 0 Å². The highest BCUT2D eigenvalue weighted by Gasteiger charge is 2.14. The number of hydrogen-bond acceptors (Lipinski definition) is 3. The van der Waals surface area contributed by atoms with Crippen molar-refractivity contribution in [3.05, 3.63) is 59.2 Å². The molecule has 0 spiro atoms. The smallest absolute Gasteiger partial charge is 0.269 e. The molecule has 0 aliphatic heterocycles. The predicted molar refractivity (Wildman–Crippen MR) is 104 cm³/mol. The summed E-state index contributed by atoms with van der Waals surface area (Å²) >= 11 is 0. The Bertz CT molecular complexity index is 784. The summed E-state index contributed by atoms with van der Waals surface area (Å²) in [6.45, 7) is 4.61. The van der Waals surface area contributed by atoms with Crippen molar-refractivity contribution in [2.75, 3.05) is 6.61 Å². The number of unbranched alkanes of at least 4 members (excludes halogenated alkanes) is 1. The Balaban J connectivity index is 1.92. The Morgan fingerprint density at radius 2 is 2.07 bits per heavy atom. The standard InChI is InChI=1S/C21H28FN3O2/c1-4-6-7-8-9-13-27-19-12-10-11-16(20(19)22)15-23-21(26)18-14-17(5-2)24-25(18)3/h7-8,10-12,14H,4-6,9,13,15H2,1-3H3,(H,23,26). The van der Waals surface area contributed by atoms with Gasteiger partial charge in [0.1, 0.15) is 5.69 Å². The molecule has 0 bridgehead atoms. The number of hydrogen-bond donors (Lipinski definition) is 1. The molecule has 146 valence electrons. The molecule has 1 aromatic carbocycles. The third-order valence-corrected chi connectivity index (χ3v) is 4.17. The molecule has 0 fully saturated rings. The molecule has 2 aromatic rings. The van der Waals surface area contributed by atoms with Gasteiger partial charge < -0.3 is 10.1 Å². The second-order valence-electron chi connectivity index (χ2n) is 6.31. The van der Waals surface area contributed by atoms with E-state index in [0.717, 1.165) is 31.4 Å². The number of carbonyl (C=O) groups is 1. The molecule has 5 nitrogen and oxygen atoms in total. The number of carbonyl (C=O) groups excluding carboxylic acids is 1. The first-order chi connectivity index (χ1) is 13.1. The molecule has 0 aliphatic rings. The van der Waals surface area contributed by atoms with Crippen molar-refractivity contribution in [2.24, 2.45) is 7.05 Å². The number of amides is 1. The van der Waals surface area contributed by atoms with Crippen LogP contribution in [0.2, 0.25) is 0 Å². The summed E-state index contributed by atoms with van der Waals surface area (Å²) in [7, 11) is 1.72. The van der Waals surface area contributed by atoms with Gasteiger partial charge >= 0.3 is 0 Å². The highest BCUT2D eigenvalue weighted by Crippen LogP contribution is 2.20. The second-order valence-corrected chi connectivity index (χ2v) is 6.31. The fourth-order valence-corrected chi connectivity index (χ4v) is 2.62. The summed E-state index contributed by atoms with van der Waals surface area (Å²) in [5.74, 6) is -0.509. The summed E-state index contributed by atoms with van der Waals surface area (Å²) in [6, 6.07) is 6.72. The molecule has 0 saturated heterocycles. The summed E-state index contributed by atoms with van der Waals surface area (Å²) in [4.78, 5) is 12.3. The molecule has 0 aliphatic carbocycles. The zero-order valence-corrected chi connectivity index (χ0v) is 16.3. The normalized spacial score (nSPS) is 11.1. The van der Waals surface area contributed by atoms with E-state index in [4.69, 9.17) is 4.74 Å². The molecule has 1 N–H and O–H groups in total. The van der Waals surface area contributed by atoms with Crippen molar-refractivity contribution >= 4 is 5.91 Å². The summed E-state index contributed by atoms with van der Waals surface area (Å²) < 4.78 is 21.7. The molecule has 1 amide bonds. The van der Waals surface area contributed by atoms with E-state index in [-0.39, 0.29) is 18.2 Å². The minimum atomic E-state index is -0.436. The predicted octanol–water partition coefficient (Wildman–Crippen LogP) is 4.18. The van der Waals surface area contributed by atoms with Gasteiger partial charge in [0.2, 0.25) is 0 Å². The maximum atomic E-state index is 14.6. The summed E-state index contributed by atoms with van der Waals surface area (Å²) in [5, 5.41) is 7.00. The minimum absolute atomic E-state index is 0.0882. The maximum Gasteiger partial charge on any atom is 0.269 e. The van der Waals surface area contributed by atoms with Gasteiger partial charge in [0, 0.05) is 19.2 Å². The first kappa shape index (κ1) is 20.7. The van der Waals surface area contributed by atoms with Crippen LogP contribution in [-0.4, -0.2) is 22.3 Å². The van der Waals surface area contributed by atoms with E-state index < -0.39 is 5.82 Å². The van der Waals surface area contributed by atoms with Crippen molar-refractivity contribution < 1.29 is 13.9 Å². The van der Waals surface area contributed by atoms with E-state index in [1.807, 2.05) is 13.0 Å². The van der Waals surface area contributed by atoms with Crippen LogP contribution in [0.15, 0.2) is 36.4 Å². The lowest BCUT2D eigenvalue weighted by Crippen LogP contribution is -2.25. The first-order valence-electron chi connectivity index (χ1n) is 9.43. The van der Waals surface area contributed by atoms with E-state index in [0.29, 0.717) is 17.9 Å². The topological polar surface area (TPSA) is 56.1 Å². The van der Waals surface area contributed by atoms with Crippen molar-refractivity contribution in [1.29, 1.82) is 0 Å². The van der Waals surface area contributed by atoms with Gasteiger partial charge in [-0.2, -0.15) is 5.10 Å². The number of aryl methyl sites for hydroxylation is 2. The lowest BCUT2D eigenvalue weighted by molar-refractivity contribution is 0.0941. The average Bonchev–Trinajstić information content (AvgIpc) is 3.05. The fraction of sp³-hybridized carbons (Fsp3) is 0.429. The molecule has 0 atom stereocenters. The van der Waals surface area contributed by atoms with Gasteiger partial charge in [0.25, 0.3) is 5.91 Å². The van der Waals surface area contributed by atoms with Gasteiger partial charge in [-0.05, 0) is 31.4 Å². The molecule has 1 heterocycles. The van der Waals surface area contributed by atoms with E-state index in [2.05, 4.69) is 23.4 Å². The highest BCUT2D eigenvalue weighted by atomic mass is 19.1. The third kappa shape index (κ3) is 5.94. The van der Waals surface area contributed by atoms with E-state index in [9.17, 15) is 9.18 Å². The molecular formula is C21H28FN3O2. The van der Waals surface area contributed by atoms with Gasteiger partial charge in [-0.15, -0.1) is 0 Å². The van der Waals surface area contributed by atoms with E-state index in [1.165, 1.54) is 4.68 Å². The molecule has 0 saturated carbocycles. The van der Waals surface area contributed by atoms with E-state index >= 15 is 0 Å². The van der Waals surface area contributed by atoms with Crippen LogP contribution >= 0.6 is 0 Å². The van der Waals surface area contributed by atoms with Gasteiger partial charge in [-0.25, -0.2) is 4.39 Å². The van der Waals surface area contributed by atoms with Gasteiger partial charge in [0.15, 0.2) is 11.6 Å². The molecule has 0 radical (unpaired) electrons. The number of halogens is 1. The van der Waals surface area contributed by atoms with Crippen LogP contribution in [0, 0.1) is 5.82 Å². The SMILES string of the molecule is CCCC=CCCOc1cccc(CNC(=O)c2cc(CC)nn2C)c1F. The Morgan fingerprint density at radius 1 is 1.30 bits per heavy atom. The number of nitrogens with zero attached hydrogens (tertiary/aromatic N) is 2. The highest BCUT2D eigenvalue weighted by molar-refractivity contribution is 5.92. The first-order valence-corrected chi connectivity index (χ1v) is 9.43. The van der Waals surface area contributed by atoms with Gasteiger partial charge in [-0.1, -0.05) is 44.6 Å². The number of rotatable bonds is 10. The fourth-order valence-electron chi connectivity index (χ4n) is 2.62. The van der Waals surface area contributed by atoms with E-state index in [1.54, 1.807) is 31.3 Å². The van der Waals surface area contributed by atoms with Crippen LogP contribution in [0.5, 0.6) is 5.75 Å². The monoisotopic (exact) mass is 373 g/mol. The van der Waals surface area contributed by atoms with Crippen LogP contribution in [-0.2, 0) is 20.0 Å². The zero-order valence-electron chi connectivity index (χ0n) is 16.3. The van der Waals surface area contributed by atoms with Crippen molar-refractivity contribution in [1.82, 2.24) is 15.1 Å². The second kappa shape index (κ2) is 10.5. The van der Waals surface area contributed by atoms with Gasteiger partial charge in [0.05, 0.1) is 12.3 Å². The number of ether oxygens (including phenoxy) is 1. The van der Waals surface area contributed by atoms with Crippen LogP contribution in [0.25, 0.3) is 0 Å². The molecule has 27 heavy (non-hydrogen) atoms. The summed E-state index contributed by atoms with van der Waals surface area (Å²) in [5.41, 5.74) is 1.69. The summed E-state index contributed by atoms with van der Waals surface area (Å²) in [6.07, 6.45) is 7.79. The number of allylic oxidation sites excluding steroid dienone is 1. The number of aromatic nitrogens is 2. The molecule has 6 heteroatoms. The molecule has 2 rings (SSSR count). The molecular weight excluding hydrogens is 345 g/mol. The third-order valence-electron chi connectivity index (χ3n) is 4.17. The average molecular weight is 373 g/mol. The van der Waals surface area contributed by atoms with Crippen molar-refractivity contribution in [2.45, 2.75) is 46.1 Å². The quantitative estimate of drug-likeness (QED) is 0.502. The molecule has 1 aromatic heterocycles. The molecule has 0 unspecified atom stereocenters. The Labute approximate surface area is 160 Å². The number of benzene rings is 1. The zero-order chi connectivity index (χ0) is 19.6. The van der Waals surface area contributed by atoms with Crippen LogP contribution in [0.3, 0.4) is 0 Å². The minimum Gasteiger partial charge on any atom is -0.490 e. The Kier molecular flexibility index (Phi) is 8.04.